The summed E-state index contributed by atoms with van der Waals surface area (Å²) in [5.41, 5.74) is 0. The minimum absolute atomic E-state index is 0.0569. The van der Waals surface area contributed by atoms with Crippen LogP contribution in [0.4, 0.5) is 0 Å². The number of nitrogens with zero attached hydrogens (tertiary/aromatic N) is 3. The number of carbonyl (C=O) groups is 2. The molecule has 2 fully saturated rings. The first kappa shape index (κ1) is 20.2. The Kier molecular flexibility index (Phi) is 5.58. The van der Waals surface area contributed by atoms with Gasteiger partial charge in [-0.15, -0.1) is 11.3 Å². The second-order valence-electron chi connectivity index (χ2n) is 7.54. The summed E-state index contributed by atoms with van der Waals surface area (Å²) in [6, 6.07) is 1.91. The molecule has 0 radical (unpaired) electrons. The average molecular weight is 437 g/mol. The molecule has 2 atom stereocenters. The summed E-state index contributed by atoms with van der Waals surface area (Å²) in [6.45, 7) is 3.54. The van der Waals surface area contributed by atoms with Crippen LogP contribution in [0.2, 0.25) is 0 Å². The molecule has 156 valence electrons. The van der Waals surface area contributed by atoms with Crippen LogP contribution in [0.1, 0.15) is 32.6 Å². The number of thiophene rings is 1. The van der Waals surface area contributed by atoms with Gasteiger partial charge in [-0.05, 0) is 50.1 Å². The van der Waals surface area contributed by atoms with Crippen LogP contribution < -0.4 is 4.72 Å². The van der Waals surface area contributed by atoms with E-state index in [1.807, 2.05) is 4.90 Å². The number of likely N-dealkylation sites (tertiary alicyclic amines) is 2. The van der Waals surface area contributed by atoms with Gasteiger partial charge in [-0.1, -0.05) is 0 Å². The number of pyridine rings is 1. The molecule has 4 rings (SSSR count). The molecule has 8 nitrogen and oxygen atoms in total. The molecule has 2 aromatic heterocycles. The summed E-state index contributed by atoms with van der Waals surface area (Å²) in [6.07, 6.45) is 6.67. The Labute approximate surface area is 173 Å². The van der Waals surface area contributed by atoms with Crippen LogP contribution in [0.3, 0.4) is 0 Å². The van der Waals surface area contributed by atoms with E-state index in [9.17, 15) is 18.0 Å². The zero-order chi connectivity index (χ0) is 20.6. The Morgan fingerprint density at radius 3 is 2.76 bits per heavy atom. The quantitative estimate of drug-likeness (QED) is 0.767. The van der Waals surface area contributed by atoms with Crippen molar-refractivity contribution in [3.05, 3.63) is 24.5 Å². The standard InChI is InChI=1S/C19H24N4O4S2/c1-13(18(24)22-8-3-2-4-9-22)23-10-6-15(19(23)25)21-29(26,27)17-11-14-5-7-20-12-16(14)28-17/h5,7,11-13,15,21H,2-4,6,8-10H2,1H3/t13-,15+/m1/s1. The molecule has 2 amide bonds. The molecule has 0 spiro atoms. The first-order valence-corrected chi connectivity index (χ1v) is 12.1. The SMILES string of the molecule is C[C@H](C(=O)N1CCCCC1)N1CC[C@H](NS(=O)(=O)c2cc3ccncc3s2)C1=O. The topological polar surface area (TPSA) is 99.7 Å². The lowest BCUT2D eigenvalue weighted by Crippen LogP contribution is -2.51. The Hall–Kier alpha value is -2.04. The Morgan fingerprint density at radius 2 is 2.03 bits per heavy atom. The lowest BCUT2D eigenvalue weighted by Gasteiger charge is -2.32. The average Bonchev–Trinajstić information content (AvgIpc) is 3.32. The number of aromatic nitrogens is 1. The predicted molar refractivity (Wildman–Crippen MR) is 110 cm³/mol. The second-order valence-corrected chi connectivity index (χ2v) is 10.6. The molecule has 2 aliphatic rings. The molecular formula is C19H24N4O4S2. The van der Waals surface area contributed by atoms with Crippen molar-refractivity contribution >= 4 is 43.3 Å². The Morgan fingerprint density at radius 1 is 1.28 bits per heavy atom. The van der Waals surface area contributed by atoms with E-state index in [-0.39, 0.29) is 16.0 Å². The number of nitrogens with one attached hydrogen (secondary N) is 1. The van der Waals surface area contributed by atoms with Gasteiger partial charge in [0.15, 0.2) is 0 Å². The first-order chi connectivity index (χ1) is 13.9. The monoisotopic (exact) mass is 436 g/mol. The molecule has 0 aliphatic carbocycles. The molecular weight excluding hydrogens is 412 g/mol. The lowest BCUT2D eigenvalue weighted by atomic mass is 10.1. The van der Waals surface area contributed by atoms with E-state index in [1.54, 1.807) is 31.5 Å². The third-order valence-electron chi connectivity index (χ3n) is 5.60. The van der Waals surface area contributed by atoms with E-state index >= 15 is 0 Å². The summed E-state index contributed by atoms with van der Waals surface area (Å²) in [7, 11) is -3.83. The van der Waals surface area contributed by atoms with Crippen LogP contribution in [-0.4, -0.2) is 66.7 Å². The maximum absolute atomic E-state index is 12.8. The molecule has 4 heterocycles. The van der Waals surface area contributed by atoms with Gasteiger partial charge in [0.2, 0.25) is 11.8 Å². The van der Waals surface area contributed by atoms with Crippen molar-refractivity contribution in [2.24, 2.45) is 0 Å². The van der Waals surface area contributed by atoms with Gasteiger partial charge in [0.25, 0.3) is 10.0 Å². The number of rotatable bonds is 5. The predicted octanol–water partition coefficient (Wildman–Crippen LogP) is 1.58. The van der Waals surface area contributed by atoms with Crippen molar-refractivity contribution in [3.63, 3.8) is 0 Å². The molecule has 1 N–H and O–H groups in total. The fraction of sp³-hybridized carbons (Fsp3) is 0.526. The molecule has 0 aromatic carbocycles. The fourth-order valence-electron chi connectivity index (χ4n) is 3.95. The third-order valence-corrected chi connectivity index (χ3v) is 8.63. The van der Waals surface area contributed by atoms with Gasteiger partial charge in [-0.25, -0.2) is 8.42 Å². The van der Waals surface area contributed by atoms with E-state index < -0.39 is 22.1 Å². The van der Waals surface area contributed by atoms with Gasteiger partial charge in [-0.2, -0.15) is 4.72 Å². The van der Waals surface area contributed by atoms with Crippen molar-refractivity contribution in [1.29, 1.82) is 0 Å². The smallest absolute Gasteiger partial charge is 0.250 e. The van der Waals surface area contributed by atoms with Gasteiger partial charge in [0.1, 0.15) is 16.3 Å². The van der Waals surface area contributed by atoms with Crippen molar-refractivity contribution in [1.82, 2.24) is 19.5 Å². The number of carbonyl (C=O) groups excluding carboxylic acids is 2. The van der Waals surface area contributed by atoms with Gasteiger partial charge in [-0.3, -0.25) is 14.6 Å². The van der Waals surface area contributed by atoms with E-state index in [1.165, 1.54) is 4.90 Å². The molecule has 2 aliphatic heterocycles. The van der Waals surface area contributed by atoms with E-state index in [0.29, 0.717) is 13.0 Å². The van der Waals surface area contributed by atoms with E-state index in [2.05, 4.69) is 9.71 Å². The Balaban J connectivity index is 1.45. The summed E-state index contributed by atoms with van der Waals surface area (Å²) in [5.74, 6) is -0.396. The highest BCUT2D eigenvalue weighted by Crippen LogP contribution is 2.29. The minimum atomic E-state index is -3.83. The highest BCUT2D eigenvalue weighted by Gasteiger charge is 2.40. The highest BCUT2D eigenvalue weighted by atomic mass is 32.2. The zero-order valence-electron chi connectivity index (χ0n) is 16.2. The molecule has 0 unspecified atom stereocenters. The van der Waals surface area contributed by atoms with Crippen LogP contribution in [0.5, 0.6) is 0 Å². The van der Waals surface area contributed by atoms with Crippen molar-refractivity contribution in [2.75, 3.05) is 19.6 Å². The molecule has 2 saturated heterocycles. The maximum Gasteiger partial charge on any atom is 0.250 e. The highest BCUT2D eigenvalue weighted by molar-refractivity contribution is 7.91. The summed E-state index contributed by atoms with van der Waals surface area (Å²) in [4.78, 5) is 32.9. The van der Waals surface area contributed by atoms with Crippen molar-refractivity contribution in [2.45, 2.75) is 48.9 Å². The van der Waals surface area contributed by atoms with Crippen LogP contribution in [-0.2, 0) is 19.6 Å². The molecule has 0 saturated carbocycles. The van der Waals surface area contributed by atoms with Crippen LogP contribution in [0.25, 0.3) is 10.1 Å². The van der Waals surface area contributed by atoms with Crippen LogP contribution >= 0.6 is 11.3 Å². The van der Waals surface area contributed by atoms with Crippen molar-refractivity contribution < 1.29 is 18.0 Å². The maximum atomic E-state index is 12.8. The second kappa shape index (κ2) is 8.00. The summed E-state index contributed by atoms with van der Waals surface area (Å²) in [5, 5.41) is 0.797. The van der Waals surface area contributed by atoms with Crippen molar-refractivity contribution in [3.8, 4) is 0 Å². The normalized spacial score (nSPS) is 21.7. The fourth-order valence-corrected chi connectivity index (χ4v) is 6.55. The zero-order valence-corrected chi connectivity index (χ0v) is 17.8. The summed E-state index contributed by atoms with van der Waals surface area (Å²) < 4.78 is 29.0. The first-order valence-electron chi connectivity index (χ1n) is 9.82. The Bertz CT molecular complexity index is 997. The number of hydrogen-bond donors (Lipinski definition) is 1. The summed E-state index contributed by atoms with van der Waals surface area (Å²) >= 11 is 1.12. The largest absolute Gasteiger partial charge is 0.341 e. The van der Waals surface area contributed by atoms with Gasteiger partial charge in [0, 0.05) is 32.0 Å². The van der Waals surface area contributed by atoms with Crippen LogP contribution in [0, 0.1) is 0 Å². The third kappa shape index (κ3) is 4.01. The number of piperidine rings is 1. The molecule has 29 heavy (non-hydrogen) atoms. The lowest BCUT2D eigenvalue weighted by molar-refractivity contribution is -0.143. The van der Waals surface area contributed by atoms with Crippen LogP contribution in [0.15, 0.2) is 28.7 Å². The minimum Gasteiger partial charge on any atom is -0.341 e. The van der Waals surface area contributed by atoms with Gasteiger partial charge in [0.05, 0.1) is 4.70 Å². The van der Waals surface area contributed by atoms with Gasteiger partial charge >= 0.3 is 0 Å². The molecule has 2 aromatic rings. The van der Waals surface area contributed by atoms with E-state index in [4.69, 9.17) is 0 Å². The molecule has 0 bridgehead atoms. The number of sulfonamides is 1. The van der Waals surface area contributed by atoms with E-state index in [0.717, 1.165) is 53.8 Å². The number of amides is 2. The molecule has 10 heteroatoms. The van der Waals surface area contributed by atoms with Gasteiger partial charge < -0.3 is 9.80 Å². The number of fused-ring (bicyclic) bond motifs is 1. The number of hydrogen-bond acceptors (Lipinski definition) is 6.